The van der Waals surface area contributed by atoms with E-state index in [-0.39, 0.29) is 5.91 Å². The van der Waals surface area contributed by atoms with E-state index in [4.69, 9.17) is 16.3 Å². The SMILES string of the molecule is O=C(c1cc(-c2ccccc2Cl)n[nH]1)N1CCCN(C[C@H]2CCCO2)CC1. The Balaban J connectivity index is 1.39. The van der Waals surface area contributed by atoms with Crippen molar-refractivity contribution in [2.75, 3.05) is 39.3 Å². The quantitative estimate of drug-likeness (QED) is 0.874. The second-order valence-electron chi connectivity index (χ2n) is 7.23. The summed E-state index contributed by atoms with van der Waals surface area (Å²) in [6.07, 6.45) is 3.65. The molecule has 144 valence electrons. The molecule has 3 heterocycles. The maximum Gasteiger partial charge on any atom is 0.271 e. The predicted molar refractivity (Wildman–Crippen MR) is 105 cm³/mol. The molecule has 27 heavy (non-hydrogen) atoms. The van der Waals surface area contributed by atoms with E-state index in [0.29, 0.717) is 22.5 Å². The number of carbonyl (C=O) groups excluding carboxylic acids is 1. The lowest BCUT2D eigenvalue weighted by atomic mass is 10.1. The van der Waals surface area contributed by atoms with Gasteiger partial charge < -0.3 is 9.64 Å². The summed E-state index contributed by atoms with van der Waals surface area (Å²) < 4.78 is 5.75. The van der Waals surface area contributed by atoms with E-state index < -0.39 is 0 Å². The van der Waals surface area contributed by atoms with Crippen LogP contribution in [0.5, 0.6) is 0 Å². The van der Waals surface area contributed by atoms with Crippen molar-refractivity contribution >= 4 is 17.5 Å². The lowest BCUT2D eigenvalue weighted by Crippen LogP contribution is -2.37. The number of carbonyl (C=O) groups is 1. The molecule has 2 fully saturated rings. The van der Waals surface area contributed by atoms with Crippen molar-refractivity contribution in [1.29, 1.82) is 0 Å². The molecule has 0 unspecified atom stereocenters. The van der Waals surface area contributed by atoms with E-state index in [2.05, 4.69) is 15.1 Å². The van der Waals surface area contributed by atoms with Gasteiger partial charge in [-0.25, -0.2) is 0 Å². The van der Waals surface area contributed by atoms with Gasteiger partial charge >= 0.3 is 0 Å². The van der Waals surface area contributed by atoms with Crippen LogP contribution in [0, 0.1) is 0 Å². The van der Waals surface area contributed by atoms with Gasteiger partial charge in [0, 0.05) is 38.3 Å². The van der Waals surface area contributed by atoms with Crippen LogP contribution in [0.1, 0.15) is 29.8 Å². The number of hydrogen-bond acceptors (Lipinski definition) is 4. The first-order valence-corrected chi connectivity index (χ1v) is 10.0. The summed E-state index contributed by atoms with van der Waals surface area (Å²) in [7, 11) is 0. The van der Waals surface area contributed by atoms with Gasteiger partial charge in [-0.1, -0.05) is 29.8 Å². The first-order valence-electron chi connectivity index (χ1n) is 9.64. The summed E-state index contributed by atoms with van der Waals surface area (Å²) in [6, 6.07) is 9.31. The number of nitrogens with one attached hydrogen (secondary N) is 1. The summed E-state index contributed by atoms with van der Waals surface area (Å²) in [4.78, 5) is 17.2. The van der Waals surface area contributed by atoms with Gasteiger partial charge in [-0.05, 0) is 37.9 Å². The lowest BCUT2D eigenvalue weighted by Gasteiger charge is -2.23. The van der Waals surface area contributed by atoms with Gasteiger partial charge in [0.15, 0.2) is 0 Å². The third-order valence-corrected chi connectivity index (χ3v) is 5.65. The fourth-order valence-corrected chi connectivity index (χ4v) is 4.07. The Morgan fingerprint density at radius 1 is 1.22 bits per heavy atom. The number of rotatable bonds is 4. The van der Waals surface area contributed by atoms with Crippen LogP contribution < -0.4 is 0 Å². The minimum atomic E-state index is -0.000213. The van der Waals surface area contributed by atoms with Crippen molar-refractivity contribution in [3.05, 3.63) is 41.0 Å². The zero-order valence-corrected chi connectivity index (χ0v) is 16.1. The number of benzene rings is 1. The molecule has 2 aliphatic heterocycles. The Bertz CT molecular complexity index is 788. The fourth-order valence-electron chi connectivity index (χ4n) is 3.84. The normalized spacial score (nSPS) is 21.4. The maximum absolute atomic E-state index is 12.9. The number of ether oxygens (including phenoxy) is 1. The van der Waals surface area contributed by atoms with Gasteiger partial charge in [-0.2, -0.15) is 5.10 Å². The van der Waals surface area contributed by atoms with E-state index in [1.54, 1.807) is 6.07 Å². The van der Waals surface area contributed by atoms with Crippen LogP contribution in [0.3, 0.4) is 0 Å². The van der Waals surface area contributed by atoms with Crippen LogP contribution in [0.15, 0.2) is 30.3 Å². The minimum absolute atomic E-state index is 0.000213. The number of aromatic nitrogens is 2. The van der Waals surface area contributed by atoms with E-state index in [9.17, 15) is 4.79 Å². The monoisotopic (exact) mass is 388 g/mol. The summed E-state index contributed by atoms with van der Waals surface area (Å²) in [5, 5.41) is 7.80. The molecule has 1 N–H and O–H groups in total. The van der Waals surface area contributed by atoms with Crippen molar-refractivity contribution < 1.29 is 9.53 Å². The van der Waals surface area contributed by atoms with Crippen LogP contribution in [-0.4, -0.2) is 71.3 Å². The molecule has 2 aliphatic rings. The number of aromatic amines is 1. The van der Waals surface area contributed by atoms with E-state index in [1.165, 1.54) is 0 Å². The molecule has 1 aromatic carbocycles. The van der Waals surface area contributed by atoms with Crippen LogP contribution in [0.4, 0.5) is 0 Å². The number of hydrogen-bond donors (Lipinski definition) is 1. The highest BCUT2D eigenvalue weighted by atomic mass is 35.5. The summed E-state index contributed by atoms with van der Waals surface area (Å²) in [5.41, 5.74) is 2.03. The Hall–Kier alpha value is -1.89. The van der Waals surface area contributed by atoms with Crippen molar-refractivity contribution in [1.82, 2.24) is 20.0 Å². The molecule has 4 rings (SSSR count). The fraction of sp³-hybridized carbons (Fsp3) is 0.500. The Kier molecular flexibility index (Phi) is 5.76. The summed E-state index contributed by atoms with van der Waals surface area (Å²) in [6.45, 7) is 5.25. The Morgan fingerprint density at radius 2 is 2.11 bits per heavy atom. The first kappa shape index (κ1) is 18.5. The lowest BCUT2D eigenvalue weighted by molar-refractivity contribution is 0.0701. The molecule has 7 heteroatoms. The second kappa shape index (κ2) is 8.42. The van der Waals surface area contributed by atoms with Gasteiger partial charge in [0.2, 0.25) is 0 Å². The molecule has 0 aliphatic carbocycles. The second-order valence-corrected chi connectivity index (χ2v) is 7.64. The molecule has 0 radical (unpaired) electrons. The molecule has 6 nitrogen and oxygen atoms in total. The molecule has 2 saturated heterocycles. The minimum Gasteiger partial charge on any atom is -0.377 e. The zero-order valence-electron chi connectivity index (χ0n) is 15.4. The molecule has 1 amide bonds. The highest BCUT2D eigenvalue weighted by Gasteiger charge is 2.25. The number of halogens is 1. The molecule has 0 spiro atoms. The first-order chi connectivity index (χ1) is 13.2. The molecule has 0 bridgehead atoms. The molecular formula is C20H25ClN4O2. The highest BCUT2D eigenvalue weighted by molar-refractivity contribution is 6.33. The highest BCUT2D eigenvalue weighted by Crippen LogP contribution is 2.26. The molecule has 0 saturated carbocycles. The van der Waals surface area contributed by atoms with E-state index in [0.717, 1.165) is 64.2 Å². The average molecular weight is 389 g/mol. The van der Waals surface area contributed by atoms with Crippen molar-refractivity contribution in [3.8, 4) is 11.3 Å². The maximum atomic E-state index is 12.9. The largest absolute Gasteiger partial charge is 0.377 e. The predicted octanol–water partition coefficient (Wildman–Crippen LogP) is 3.06. The Morgan fingerprint density at radius 3 is 2.93 bits per heavy atom. The third-order valence-electron chi connectivity index (χ3n) is 5.32. The Labute approximate surface area is 164 Å². The molecule has 1 aromatic heterocycles. The standard InChI is InChI=1S/C20H25ClN4O2/c21-17-7-2-1-6-16(17)18-13-19(23-22-18)20(26)25-9-4-8-24(10-11-25)14-15-5-3-12-27-15/h1-2,6-7,13,15H,3-5,8-12,14H2,(H,22,23)/t15-/m1/s1. The van der Waals surface area contributed by atoms with Crippen molar-refractivity contribution in [2.24, 2.45) is 0 Å². The number of H-pyrrole nitrogens is 1. The van der Waals surface area contributed by atoms with E-state index in [1.807, 2.05) is 29.2 Å². The van der Waals surface area contributed by atoms with Crippen LogP contribution in [0.25, 0.3) is 11.3 Å². The number of amides is 1. The molecular weight excluding hydrogens is 364 g/mol. The van der Waals surface area contributed by atoms with Gasteiger partial charge in [0.1, 0.15) is 5.69 Å². The molecule has 2 aromatic rings. The van der Waals surface area contributed by atoms with Gasteiger partial charge in [0.25, 0.3) is 5.91 Å². The average Bonchev–Trinajstić information content (AvgIpc) is 3.31. The smallest absolute Gasteiger partial charge is 0.271 e. The van der Waals surface area contributed by atoms with Gasteiger partial charge in [-0.15, -0.1) is 0 Å². The van der Waals surface area contributed by atoms with Crippen LogP contribution in [-0.2, 0) is 4.74 Å². The number of nitrogens with zero attached hydrogens (tertiary/aromatic N) is 3. The molecule has 1 atom stereocenters. The van der Waals surface area contributed by atoms with E-state index >= 15 is 0 Å². The van der Waals surface area contributed by atoms with Gasteiger partial charge in [-0.3, -0.25) is 14.8 Å². The van der Waals surface area contributed by atoms with Crippen LogP contribution >= 0.6 is 11.6 Å². The van der Waals surface area contributed by atoms with Gasteiger partial charge in [0.05, 0.1) is 16.8 Å². The van der Waals surface area contributed by atoms with Crippen molar-refractivity contribution in [3.63, 3.8) is 0 Å². The topological polar surface area (TPSA) is 61.5 Å². The zero-order chi connectivity index (χ0) is 18.6. The van der Waals surface area contributed by atoms with Crippen LogP contribution in [0.2, 0.25) is 5.02 Å². The third kappa shape index (κ3) is 4.34. The summed E-state index contributed by atoms with van der Waals surface area (Å²) >= 11 is 6.24. The summed E-state index contributed by atoms with van der Waals surface area (Å²) in [5.74, 6) is -0.000213. The van der Waals surface area contributed by atoms with Crippen molar-refractivity contribution in [2.45, 2.75) is 25.4 Å².